The Bertz CT molecular complexity index is 412. The lowest BCUT2D eigenvalue weighted by molar-refractivity contribution is -0.138. The number of esters is 1. The van der Waals surface area contributed by atoms with Crippen LogP contribution in [-0.4, -0.2) is 36.1 Å². The molecule has 0 aromatic carbocycles. The third-order valence-corrected chi connectivity index (χ3v) is 2.52. The van der Waals surface area contributed by atoms with E-state index < -0.39 is 11.8 Å². The van der Waals surface area contributed by atoms with Gasteiger partial charge in [0, 0.05) is 6.54 Å². The maximum atomic E-state index is 14.1. The van der Waals surface area contributed by atoms with Crippen molar-refractivity contribution in [3.05, 3.63) is 17.8 Å². The smallest absolute Gasteiger partial charge is 0.325 e. The van der Waals surface area contributed by atoms with Gasteiger partial charge in [-0.1, -0.05) is 13.8 Å². The molecular weight excluding hydrogens is 237 g/mol. The summed E-state index contributed by atoms with van der Waals surface area (Å²) in [5.74, 6) is -0.717. The summed E-state index contributed by atoms with van der Waals surface area (Å²) in [7, 11) is 1.31. The molecule has 0 N–H and O–H groups in total. The third-order valence-electron chi connectivity index (χ3n) is 2.52. The Hall–Kier alpha value is -1.72. The maximum Gasteiger partial charge on any atom is 0.325 e. The molecule has 0 saturated carbocycles. The van der Waals surface area contributed by atoms with Gasteiger partial charge >= 0.3 is 5.97 Å². The normalized spacial score (nSPS) is 10.2. The molecule has 0 aliphatic rings. The van der Waals surface area contributed by atoms with Crippen LogP contribution in [0, 0.1) is 5.82 Å². The Morgan fingerprint density at radius 1 is 1.44 bits per heavy atom. The zero-order valence-corrected chi connectivity index (χ0v) is 10.9. The molecule has 0 amide bonds. The van der Waals surface area contributed by atoms with Crippen LogP contribution in [0.3, 0.4) is 0 Å². The fourth-order valence-electron chi connectivity index (χ4n) is 1.61. The Kier molecular flexibility index (Phi) is 5.48. The lowest BCUT2D eigenvalue weighted by Gasteiger charge is -2.22. The summed E-state index contributed by atoms with van der Waals surface area (Å²) in [6.45, 7) is 4.29. The average molecular weight is 255 g/mol. The molecule has 1 aromatic rings. The van der Waals surface area contributed by atoms with Crippen molar-refractivity contribution >= 4 is 11.8 Å². The van der Waals surface area contributed by atoms with Gasteiger partial charge in [-0.15, -0.1) is 0 Å². The van der Waals surface area contributed by atoms with Gasteiger partial charge in [-0.2, -0.15) is 0 Å². The molecule has 1 rings (SSSR count). The number of halogens is 1. The number of aromatic nitrogens is 2. The van der Waals surface area contributed by atoms with Crippen LogP contribution in [-0.2, 0) is 16.0 Å². The summed E-state index contributed by atoms with van der Waals surface area (Å²) in [6.07, 6.45) is 2.58. The molecule has 1 heterocycles. The highest BCUT2D eigenvalue weighted by Gasteiger charge is 2.18. The zero-order valence-electron chi connectivity index (χ0n) is 10.9. The van der Waals surface area contributed by atoms with Crippen molar-refractivity contribution in [2.75, 3.05) is 25.1 Å². The monoisotopic (exact) mass is 255 g/mol. The van der Waals surface area contributed by atoms with Gasteiger partial charge in [-0.3, -0.25) is 4.79 Å². The summed E-state index contributed by atoms with van der Waals surface area (Å²) in [6, 6.07) is 0. The highest BCUT2D eigenvalue weighted by molar-refractivity contribution is 5.75. The lowest BCUT2D eigenvalue weighted by Crippen LogP contribution is -2.33. The van der Waals surface area contributed by atoms with Crippen LogP contribution in [0.4, 0.5) is 10.2 Å². The van der Waals surface area contributed by atoms with Crippen molar-refractivity contribution < 1.29 is 13.9 Å². The quantitative estimate of drug-likeness (QED) is 0.722. The minimum absolute atomic E-state index is 0.0125. The molecule has 18 heavy (non-hydrogen) atoms. The minimum Gasteiger partial charge on any atom is -0.468 e. The first-order chi connectivity index (χ1) is 8.63. The summed E-state index contributed by atoms with van der Waals surface area (Å²) in [5.41, 5.74) is 0.353. The average Bonchev–Trinajstić information content (AvgIpc) is 2.38. The number of methoxy groups -OCH3 is 1. The van der Waals surface area contributed by atoms with Gasteiger partial charge in [-0.25, -0.2) is 14.4 Å². The van der Waals surface area contributed by atoms with Gasteiger partial charge in [0.05, 0.1) is 12.8 Å². The summed E-state index contributed by atoms with van der Waals surface area (Å²) < 4.78 is 18.7. The topological polar surface area (TPSA) is 55.3 Å². The van der Waals surface area contributed by atoms with Gasteiger partial charge < -0.3 is 9.64 Å². The second kappa shape index (κ2) is 6.88. The molecule has 0 radical (unpaired) electrons. The predicted molar refractivity (Wildman–Crippen MR) is 65.9 cm³/mol. The number of rotatable bonds is 6. The molecule has 0 aliphatic carbocycles. The second-order valence-electron chi connectivity index (χ2n) is 3.81. The summed E-state index contributed by atoms with van der Waals surface area (Å²) in [4.78, 5) is 20.7. The minimum atomic E-state index is -0.461. The van der Waals surface area contributed by atoms with Crippen LogP contribution in [0.15, 0.2) is 6.33 Å². The van der Waals surface area contributed by atoms with E-state index in [1.165, 1.54) is 13.4 Å². The summed E-state index contributed by atoms with van der Waals surface area (Å²) >= 11 is 0. The van der Waals surface area contributed by atoms with Crippen LogP contribution < -0.4 is 4.90 Å². The fraction of sp³-hybridized carbons (Fsp3) is 0.583. The molecule has 0 fully saturated rings. The van der Waals surface area contributed by atoms with E-state index in [1.807, 2.05) is 13.8 Å². The number of nitrogens with zero attached hydrogens (tertiary/aromatic N) is 3. The Labute approximate surface area is 106 Å². The number of aryl methyl sites for hydroxylation is 1. The van der Waals surface area contributed by atoms with Crippen molar-refractivity contribution in [2.45, 2.75) is 26.7 Å². The number of anilines is 1. The fourth-order valence-corrected chi connectivity index (χ4v) is 1.61. The van der Waals surface area contributed by atoms with Gasteiger partial charge in [0.2, 0.25) is 0 Å². The van der Waals surface area contributed by atoms with Crippen LogP contribution in [0.5, 0.6) is 0 Å². The Morgan fingerprint density at radius 3 is 2.72 bits per heavy atom. The van der Waals surface area contributed by atoms with E-state index in [0.717, 1.165) is 6.42 Å². The number of carbonyl (C=O) groups excluding carboxylic acids is 1. The number of ether oxygens (including phenoxy) is 1. The van der Waals surface area contributed by atoms with E-state index in [2.05, 4.69) is 14.7 Å². The number of carbonyl (C=O) groups is 1. The van der Waals surface area contributed by atoms with Crippen molar-refractivity contribution in [3.8, 4) is 0 Å². The number of hydrogen-bond acceptors (Lipinski definition) is 5. The van der Waals surface area contributed by atoms with E-state index in [-0.39, 0.29) is 12.4 Å². The molecule has 6 heteroatoms. The van der Waals surface area contributed by atoms with Gasteiger partial charge in [0.1, 0.15) is 12.9 Å². The lowest BCUT2D eigenvalue weighted by atomic mass is 10.3. The van der Waals surface area contributed by atoms with Gasteiger partial charge in [0.15, 0.2) is 11.6 Å². The van der Waals surface area contributed by atoms with Crippen LogP contribution in [0.25, 0.3) is 0 Å². The Balaban J connectivity index is 3.01. The molecule has 0 atom stereocenters. The molecule has 0 saturated heterocycles. The first-order valence-corrected chi connectivity index (χ1v) is 5.95. The molecule has 0 aliphatic heterocycles. The first kappa shape index (κ1) is 14.3. The van der Waals surface area contributed by atoms with Crippen molar-refractivity contribution in [1.82, 2.24) is 9.97 Å². The van der Waals surface area contributed by atoms with Gasteiger partial charge in [-0.05, 0) is 12.8 Å². The number of hydrogen-bond donors (Lipinski definition) is 0. The molecule has 0 spiro atoms. The highest BCUT2D eigenvalue weighted by Crippen LogP contribution is 2.18. The SMILES string of the molecule is CCCN(CC(=O)OC)c1ncnc(CC)c1F. The molecule has 5 nitrogen and oxygen atoms in total. The molecule has 1 aromatic heterocycles. The largest absolute Gasteiger partial charge is 0.468 e. The molecule has 0 bridgehead atoms. The molecule has 100 valence electrons. The second-order valence-corrected chi connectivity index (χ2v) is 3.81. The standard InChI is InChI=1S/C12H18FN3O2/c1-4-6-16(7-10(17)18-3)12-11(13)9(5-2)14-8-15-12/h8H,4-7H2,1-3H3. The van der Waals surface area contributed by atoms with Crippen molar-refractivity contribution in [1.29, 1.82) is 0 Å². The molecule has 0 unspecified atom stereocenters. The predicted octanol–water partition coefficient (Wildman–Crippen LogP) is 1.57. The van der Waals surface area contributed by atoms with E-state index in [1.54, 1.807) is 4.90 Å². The summed E-state index contributed by atoms with van der Waals surface area (Å²) in [5, 5.41) is 0. The van der Waals surface area contributed by atoms with Crippen LogP contribution in [0.1, 0.15) is 26.0 Å². The van der Waals surface area contributed by atoms with Crippen molar-refractivity contribution in [2.24, 2.45) is 0 Å². The van der Waals surface area contributed by atoms with Gasteiger partial charge in [0.25, 0.3) is 0 Å². The van der Waals surface area contributed by atoms with Crippen molar-refractivity contribution in [3.63, 3.8) is 0 Å². The van der Waals surface area contributed by atoms with Crippen LogP contribution >= 0.6 is 0 Å². The van der Waals surface area contributed by atoms with E-state index in [4.69, 9.17) is 0 Å². The maximum absolute atomic E-state index is 14.1. The third kappa shape index (κ3) is 3.38. The highest BCUT2D eigenvalue weighted by atomic mass is 19.1. The molecular formula is C12H18FN3O2. The Morgan fingerprint density at radius 2 is 2.17 bits per heavy atom. The van der Waals surface area contributed by atoms with Crippen LogP contribution in [0.2, 0.25) is 0 Å². The van der Waals surface area contributed by atoms with E-state index in [9.17, 15) is 9.18 Å². The first-order valence-electron chi connectivity index (χ1n) is 5.95. The van der Waals surface area contributed by atoms with E-state index >= 15 is 0 Å². The van der Waals surface area contributed by atoms with E-state index in [0.29, 0.717) is 18.7 Å². The zero-order chi connectivity index (χ0) is 13.5.